The molecule has 1 aliphatic heterocycles. The number of aromatic nitrogens is 3. The summed E-state index contributed by atoms with van der Waals surface area (Å²) in [6.45, 7) is 10.3. The van der Waals surface area contributed by atoms with E-state index in [-0.39, 0.29) is 17.8 Å². The molecule has 0 radical (unpaired) electrons. The van der Waals surface area contributed by atoms with Gasteiger partial charge in [-0.25, -0.2) is 15.0 Å². The van der Waals surface area contributed by atoms with E-state index in [9.17, 15) is 4.79 Å². The number of pyridine rings is 1. The van der Waals surface area contributed by atoms with Crippen LogP contribution in [-0.4, -0.2) is 39.0 Å². The molecule has 0 saturated carbocycles. The number of benzene rings is 1. The molecule has 1 aromatic carbocycles. The van der Waals surface area contributed by atoms with E-state index in [0.717, 1.165) is 26.7 Å². The zero-order valence-corrected chi connectivity index (χ0v) is 21.8. The number of nitrogens with one attached hydrogen (secondary N) is 2. The molecular formula is C28H28N6OS. The van der Waals surface area contributed by atoms with Crippen LogP contribution in [0.15, 0.2) is 30.3 Å². The molecule has 4 aromatic rings. The van der Waals surface area contributed by atoms with E-state index in [1.165, 1.54) is 11.3 Å². The van der Waals surface area contributed by atoms with Crippen LogP contribution in [0.4, 0.5) is 5.69 Å². The first-order valence-corrected chi connectivity index (χ1v) is 12.6. The molecule has 1 amide bonds. The summed E-state index contributed by atoms with van der Waals surface area (Å²) in [5.74, 6) is 8.62. The Morgan fingerprint density at radius 2 is 1.92 bits per heavy atom. The van der Waals surface area contributed by atoms with E-state index in [4.69, 9.17) is 17.1 Å². The number of nitrogens with two attached hydrogens (primary N) is 1. The predicted molar refractivity (Wildman–Crippen MR) is 148 cm³/mol. The van der Waals surface area contributed by atoms with Gasteiger partial charge in [-0.15, -0.1) is 17.8 Å². The maximum atomic E-state index is 12.7. The highest BCUT2D eigenvalue weighted by atomic mass is 32.1. The van der Waals surface area contributed by atoms with E-state index in [1.807, 2.05) is 58.9 Å². The highest BCUT2D eigenvalue weighted by Gasteiger charge is 2.24. The lowest BCUT2D eigenvalue weighted by Crippen LogP contribution is -2.34. The van der Waals surface area contributed by atoms with Crippen LogP contribution >= 0.6 is 11.3 Å². The fourth-order valence-electron chi connectivity index (χ4n) is 3.80. The molecule has 1 aliphatic rings. The molecule has 5 rings (SSSR count). The lowest BCUT2D eigenvalue weighted by Gasteiger charge is -2.10. The molecule has 0 saturated heterocycles. The largest absolute Gasteiger partial charge is 0.381 e. The van der Waals surface area contributed by atoms with Gasteiger partial charge in [0.2, 0.25) is 5.82 Å². The molecule has 3 aromatic heterocycles. The SMILES string of the molecule is C#Cc1nc(C#CC(C)(C)N)cc(-c2ccc3c(ccc4sc5c(c43)NC[C@@H](C)NC5=O)n2)n1.CC. The minimum atomic E-state index is -0.657. The molecule has 0 spiro atoms. The quantitative estimate of drug-likeness (QED) is 0.334. The summed E-state index contributed by atoms with van der Waals surface area (Å²) < 4.78 is 1.03. The minimum Gasteiger partial charge on any atom is -0.381 e. The number of amides is 1. The van der Waals surface area contributed by atoms with Gasteiger partial charge in [-0.05, 0) is 56.9 Å². The molecule has 4 heterocycles. The minimum absolute atomic E-state index is 0.0482. The third kappa shape index (κ3) is 5.01. The van der Waals surface area contributed by atoms with Crippen LogP contribution in [0, 0.1) is 24.2 Å². The number of carbonyl (C=O) groups excluding carboxylic acids is 1. The van der Waals surface area contributed by atoms with Gasteiger partial charge in [-0.3, -0.25) is 4.79 Å². The smallest absolute Gasteiger partial charge is 0.263 e. The van der Waals surface area contributed by atoms with Gasteiger partial charge in [0.15, 0.2) is 0 Å². The number of anilines is 1. The summed E-state index contributed by atoms with van der Waals surface area (Å²) in [7, 11) is 0. The molecule has 7 nitrogen and oxygen atoms in total. The fourth-order valence-corrected chi connectivity index (χ4v) is 4.90. The number of nitrogens with zero attached hydrogens (tertiary/aromatic N) is 3. The monoisotopic (exact) mass is 496 g/mol. The van der Waals surface area contributed by atoms with Crippen LogP contribution in [0.2, 0.25) is 0 Å². The summed E-state index contributed by atoms with van der Waals surface area (Å²) in [4.78, 5) is 27.0. The number of hydrogen-bond acceptors (Lipinski definition) is 7. The second kappa shape index (κ2) is 9.94. The van der Waals surface area contributed by atoms with Crippen LogP contribution in [0.5, 0.6) is 0 Å². The van der Waals surface area contributed by atoms with Gasteiger partial charge >= 0.3 is 0 Å². The average molecular weight is 497 g/mol. The molecule has 0 aliphatic carbocycles. The van der Waals surface area contributed by atoms with Crippen molar-refractivity contribution in [3.05, 3.63) is 46.7 Å². The van der Waals surface area contributed by atoms with Crippen molar-refractivity contribution in [3.8, 4) is 35.6 Å². The number of rotatable bonds is 1. The van der Waals surface area contributed by atoms with Crippen LogP contribution in [0.3, 0.4) is 0 Å². The van der Waals surface area contributed by atoms with Gasteiger partial charge in [0, 0.05) is 34.1 Å². The van der Waals surface area contributed by atoms with Gasteiger partial charge in [0.05, 0.1) is 28.1 Å². The van der Waals surface area contributed by atoms with E-state index in [2.05, 4.69) is 38.4 Å². The third-order valence-electron chi connectivity index (χ3n) is 5.32. The molecular weight excluding hydrogens is 468 g/mol. The lowest BCUT2D eigenvalue weighted by atomic mass is 10.1. The summed E-state index contributed by atoms with van der Waals surface area (Å²) in [6, 6.07) is 9.67. The number of fused-ring (bicyclic) bond motifs is 5. The first-order valence-electron chi connectivity index (χ1n) is 11.8. The van der Waals surface area contributed by atoms with Crippen LogP contribution in [-0.2, 0) is 0 Å². The number of carbonyl (C=O) groups is 1. The fraction of sp³-hybridized carbons (Fsp3) is 0.286. The molecule has 182 valence electrons. The Morgan fingerprint density at radius 1 is 1.14 bits per heavy atom. The van der Waals surface area contributed by atoms with Crippen LogP contribution < -0.4 is 16.4 Å². The second-order valence-electron chi connectivity index (χ2n) is 8.84. The van der Waals surface area contributed by atoms with Crippen molar-refractivity contribution in [3.63, 3.8) is 0 Å². The number of terminal acetylenes is 1. The van der Waals surface area contributed by atoms with E-state index < -0.39 is 5.54 Å². The molecule has 36 heavy (non-hydrogen) atoms. The standard InChI is InChI=1S/C26H22N6OS.C2H6/c1-5-21-30-15(10-11-26(3,4)27)12-19(32-21)18-7-6-16-17(31-18)8-9-20-22(16)23-24(34-20)25(33)29-14(2)13-28-23;1-2/h1,6-9,12,14,28H,13,27H2,2-4H3,(H,29,33);1-2H3/t14-;/m1./s1. The summed E-state index contributed by atoms with van der Waals surface area (Å²) >= 11 is 1.48. The van der Waals surface area contributed by atoms with Gasteiger partial charge < -0.3 is 16.4 Å². The molecule has 0 bridgehead atoms. The molecule has 4 N–H and O–H groups in total. The number of hydrogen-bond donors (Lipinski definition) is 3. The molecule has 0 fully saturated rings. The predicted octanol–water partition coefficient (Wildman–Crippen LogP) is 4.55. The van der Waals surface area contributed by atoms with Crippen molar-refractivity contribution >= 4 is 43.9 Å². The number of thiophene rings is 1. The molecule has 8 heteroatoms. The Labute approximate surface area is 214 Å². The van der Waals surface area contributed by atoms with E-state index >= 15 is 0 Å². The lowest BCUT2D eigenvalue weighted by molar-refractivity contribution is 0.0949. The van der Waals surface area contributed by atoms with Crippen molar-refractivity contribution in [2.75, 3.05) is 11.9 Å². The highest BCUT2D eigenvalue weighted by molar-refractivity contribution is 7.21. The molecule has 1 atom stereocenters. The third-order valence-corrected chi connectivity index (χ3v) is 6.48. The van der Waals surface area contributed by atoms with Gasteiger partial charge in [-0.1, -0.05) is 19.8 Å². The summed E-state index contributed by atoms with van der Waals surface area (Å²) in [5, 5.41) is 8.43. The summed E-state index contributed by atoms with van der Waals surface area (Å²) in [5.41, 5.74) is 8.70. The first kappa shape index (κ1) is 25.1. The second-order valence-corrected chi connectivity index (χ2v) is 9.89. The van der Waals surface area contributed by atoms with E-state index in [1.54, 1.807) is 6.07 Å². The van der Waals surface area contributed by atoms with E-state index in [0.29, 0.717) is 28.5 Å². The Kier molecular flexibility index (Phi) is 6.94. The van der Waals surface area contributed by atoms with Crippen molar-refractivity contribution in [2.45, 2.75) is 46.2 Å². The maximum absolute atomic E-state index is 12.7. The van der Waals surface area contributed by atoms with Crippen molar-refractivity contribution in [1.82, 2.24) is 20.3 Å². The Morgan fingerprint density at radius 3 is 2.64 bits per heavy atom. The van der Waals surface area contributed by atoms with Crippen molar-refractivity contribution < 1.29 is 4.79 Å². The van der Waals surface area contributed by atoms with Crippen LogP contribution in [0.25, 0.3) is 32.4 Å². The Balaban J connectivity index is 0.00000148. The zero-order valence-electron chi connectivity index (χ0n) is 21.0. The van der Waals surface area contributed by atoms with Crippen LogP contribution in [0.1, 0.15) is 55.8 Å². The topological polar surface area (TPSA) is 106 Å². The summed E-state index contributed by atoms with van der Waals surface area (Å²) in [6.07, 6.45) is 5.58. The zero-order chi connectivity index (χ0) is 26.0. The molecule has 0 unspecified atom stereocenters. The van der Waals surface area contributed by atoms with Gasteiger partial charge in [0.1, 0.15) is 10.6 Å². The van der Waals surface area contributed by atoms with Gasteiger partial charge in [0.25, 0.3) is 5.91 Å². The van der Waals surface area contributed by atoms with Crippen molar-refractivity contribution in [1.29, 1.82) is 0 Å². The van der Waals surface area contributed by atoms with Crippen molar-refractivity contribution in [2.24, 2.45) is 5.73 Å². The Hall–Kier alpha value is -3.98. The van der Waals surface area contributed by atoms with Gasteiger partial charge in [-0.2, -0.15) is 0 Å². The first-order chi connectivity index (χ1) is 17.2. The normalized spacial score (nSPS) is 14.8. The maximum Gasteiger partial charge on any atom is 0.263 e. The highest BCUT2D eigenvalue weighted by Crippen LogP contribution is 2.41. The Bertz CT molecular complexity index is 1580. The average Bonchev–Trinajstić information content (AvgIpc) is 3.19.